The molecule has 0 saturated carbocycles. The molecule has 1 saturated heterocycles. The summed E-state index contributed by atoms with van der Waals surface area (Å²) in [5, 5.41) is 5.25. The molecular weight excluding hydrogens is 358 g/mol. The number of amides is 1. The number of benzene rings is 1. The summed E-state index contributed by atoms with van der Waals surface area (Å²) in [6, 6.07) is 12.6. The lowest BCUT2D eigenvalue weighted by molar-refractivity contribution is -0.138. The zero-order chi connectivity index (χ0) is 18.5. The summed E-state index contributed by atoms with van der Waals surface area (Å²) in [5.74, 6) is 0.0148. The van der Waals surface area contributed by atoms with Crippen LogP contribution in [0.2, 0.25) is 0 Å². The Bertz CT molecular complexity index is 749. The van der Waals surface area contributed by atoms with Crippen molar-refractivity contribution >= 4 is 17.2 Å². The molecule has 1 unspecified atom stereocenters. The van der Waals surface area contributed by atoms with Gasteiger partial charge in [0, 0.05) is 50.7 Å². The maximum absolute atomic E-state index is 12.5. The minimum Gasteiger partial charge on any atom is -0.366 e. The van der Waals surface area contributed by atoms with Gasteiger partial charge in [-0.25, -0.2) is 0 Å². The Morgan fingerprint density at radius 3 is 2.96 bits per heavy atom. The van der Waals surface area contributed by atoms with Crippen molar-refractivity contribution in [3.05, 3.63) is 57.8 Å². The van der Waals surface area contributed by atoms with Gasteiger partial charge in [-0.1, -0.05) is 30.3 Å². The van der Waals surface area contributed by atoms with Crippen LogP contribution in [0.5, 0.6) is 0 Å². The van der Waals surface area contributed by atoms with Crippen LogP contribution >= 0.6 is 11.3 Å². The Morgan fingerprint density at radius 1 is 1.19 bits per heavy atom. The van der Waals surface area contributed by atoms with Crippen molar-refractivity contribution in [1.29, 1.82) is 0 Å². The molecule has 3 heterocycles. The van der Waals surface area contributed by atoms with E-state index in [-0.39, 0.29) is 12.0 Å². The summed E-state index contributed by atoms with van der Waals surface area (Å²) in [4.78, 5) is 18.7. The zero-order valence-corrected chi connectivity index (χ0v) is 16.4. The van der Waals surface area contributed by atoms with Crippen molar-refractivity contribution < 1.29 is 9.53 Å². The van der Waals surface area contributed by atoms with Gasteiger partial charge in [0.25, 0.3) is 5.91 Å². The minimum absolute atomic E-state index is 0.0148. The molecule has 1 fully saturated rings. The highest BCUT2D eigenvalue weighted by atomic mass is 32.1. The first kappa shape index (κ1) is 18.6. The normalized spacial score (nSPS) is 21.0. The van der Waals surface area contributed by atoms with Crippen molar-refractivity contribution in [1.82, 2.24) is 15.1 Å². The smallest absolute Gasteiger partial charge is 0.250 e. The highest BCUT2D eigenvalue weighted by Crippen LogP contribution is 2.23. The maximum atomic E-state index is 12.5. The SMILES string of the molecule is O=C(NCCN1CCc2sccc2C1)C1CN(Cc2ccccc2)CCO1. The van der Waals surface area contributed by atoms with Gasteiger partial charge in [0.2, 0.25) is 0 Å². The van der Waals surface area contributed by atoms with E-state index < -0.39 is 0 Å². The lowest BCUT2D eigenvalue weighted by atomic mass is 10.1. The predicted octanol–water partition coefficient (Wildman–Crippen LogP) is 2.12. The molecule has 4 rings (SSSR count). The van der Waals surface area contributed by atoms with E-state index in [1.54, 1.807) is 0 Å². The first-order chi connectivity index (χ1) is 13.3. The fourth-order valence-corrected chi connectivity index (χ4v) is 4.68. The molecule has 2 aliphatic rings. The lowest BCUT2D eigenvalue weighted by Crippen LogP contribution is -2.50. The van der Waals surface area contributed by atoms with Crippen molar-refractivity contribution in [3.63, 3.8) is 0 Å². The number of carbonyl (C=O) groups is 1. The number of hydrogen-bond acceptors (Lipinski definition) is 5. The van der Waals surface area contributed by atoms with Crippen molar-refractivity contribution in [2.75, 3.05) is 39.3 Å². The molecular formula is C21H27N3O2S. The summed E-state index contributed by atoms with van der Waals surface area (Å²) < 4.78 is 5.72. The lowest BCUT2D eigenvalue weighted by Gasteiger charge is -2.32. The molecule has 144 valence electrons. The van der Waals surface area contributed by atoms with Gasteiger partial charge in [0.05, 0.1) is 6.61 Å². The van der Waals surface area contributed by atoms with E-state index in [1.807, 2.05) is 17.4 Å². The number of nitrogens with zero attached hydrogens (tertiary/aromatic N) is 2. The van der Waals surface area contributed by atoms with Gasteiger partial charge >= 0.3 is 0 Å². The Kier molecular flexibility index (Phi) is 6.19. The molecule has 0 aliphatic carbocycles. The molecule has 27 heavy (non-hydrogen) atoms. The van der Waals surface area contributed by atoms with E-state index in [9.17, 15) is 4.79 Å². The van der Waals surface area contributed by atoms with E-state index in [1.165, 1.54) is 16.0 Å². The molecule has 0 bridgehead atoms. The van der Waals surface area contributed by atoms with Crippen LogP contribution in [0.4, 0.5) is 0 Å². The predicted molar refractivity (Wildman–Crippen MR) is 108 cm³/mol. The molecule has 5 nitrogen and oxygen atoms in total. The maximum Gasteiger partial charge on any atom is 0.250 e. The summed E-state index contributed by atoms with van der Waals surface area (Å²) in [6.07, 6.45) is 0.758. The van der Waals surface area contributed by atoms with Crippen LogP contribution < -0.4 is 5.32 Å². The number of morpholine rings is 1. The number of hydrogen-bond donors (Lipinski definition) is 1. The Balaban J connectivity index is 1.20. The van der Waals surface area contributed by atoms with Crippen LogP contribution in [-0.2, 0) is 29.0 Å². The number of ether oxygens (including phenoxy) is 1. The van der Waals surface area contributed by atoms with Gasteiger partial charge in [-0.3, -0.25) is 14.6 Å². The third-order valence-electron chi connectivity index (χ3n) is 5.31. The summed E-state index contributed by atoms with van der Waals surface area (Å²) in [7, 11) is 0. The van der Waals surface area contributed by atoms with Gasteiger partial charge in [-0.2, -0.15) is 0 Å². The van der Waals surface area contributed by atoms with Gasteiger partial charge in [0.15, 0.2) is 0 Å². The van der Waals surface area contributed by atoms with E-state index in [4.69, 9.17) is 4.74 Å². The van der Waals surface area contributed by atoms with Gasteiger partial charge < -0.3 is 10.1 Å². The Morgan fingerprint density at radius 2 is 2.07 bits per heavy atom. The second-order valence-corrected chi connectivity index (χ2v) is 8.27. The second kappa shape index (κ2) is 8.97. The Labute approximate surface area is 164 Å². The van der Waals surface area contributed by atoms with Gasteiger partial charge in [0.1, 0.15) is 6.10 Å². The van der Waals surface area contributed by atoms with E-state index in [2.05, 4.69) is 50.8 Å². The summed E-state index contributed by atoms with van der Waals surface area (Å²) >= 11 is 1.86. The standard InChI is InChI=1S/C21H27N3O2S/c25-21(22-8-10-23-9-6-20-18(15-23)7-13-27-20)19-16-24(11-12-26-19)14-17-4-2-1-3-5-17/h1-5,7,13,19H,6,8-12,14-16H2,(H,22,25). The quantitative estimate of drug-likeness (QED) is 0.827. The molecule has 0 radical (unpaired) electrons. The summed E-state index contributed by atoms with van der Waals surface area (Å²) in [6.45, 7) is 6.65. The molecule has 1 amide bonds. The molecule has 1 aromatic heterocycles. The van der Waals surface area contributed by atoms with Crippen molar-refractivity contribution in [2.24, 2.45) is 0 Å². The van der Waals surface area contributed by atoms with E-state index in [0.29, 0.717) is 19.7 Å². The van der Waals surface area contributed by atoms with Gasteiger partial charge in [-0.05, 0) is 29.0 Å². The van der Waals surface area contributed by atoms with Crippen LogP contribution in [-0.4, -0.2) is 61.1 Å². The average molecular weight is 386 g/mol. The summed E-state index contributed by atoms with van der Waals surface area (Å²) in [5.41, 5.74) is 2.72. The third-order valence-corrected chi connectivity index (χ3v) is 6.33. The van der Waals surface area contributed by atoms with E-state index >= 15 is 0 Å². The average Bonchev–Trinajstić information content (AvgIpc) is 3.17. The Hall–Kier alpha value is -1.73. The number of nitrogens with one attached hydrogen (secondary N) is 1. The fraction of sp³-hybridized carbons (Fsp3) is 0.476. The molecule has 2 aliphatic heterocycles. The number of fused-ring (bicyclic) bond motifs is 1. The fourth-order valence-electron chi connectivity index (χ4n) is 3.80. The van der Waals surface area contributed by atoms with Crippen molar-refractivity contribution in [2.45, 2.75) is 25.6 Å². The van der Waals surface area contributed by atoms with Crippen LogP contribution in [0.25, 0.3) is 0 Å². The van der Waals surface area contributed by atoms with Crippen LogP contribution in [0.1, 0.15) is 16.0 Å². The van der Waals surface area contributed by atoms with Crippen molar-refractivity contribution in [3.8, 4) is 0 Å². The second-order valence-electron chi connectivity index (χ2n) is 7.27. The number of thiophene rings is 1. The topological polar surface area (TPSA) is 44.8 Å². The van der Waals surface area contributed by atoms with E-state index in [0.717, 1.165) is 39.1 Å². The van der Waals surface area contributed by atoms with Crippen LogP contribution in [0.15, 0.2) is 41.8 Å². The van der Waals surface area contributed by atoms with Gasteiger partial charge in [-0.15, -0.1) is 11.3 Å². The largest absolute Gasteiger partial charge is 0.366 e. The van der Waals surface area contributed by atoms with Crippen LogP contribution in [0, 0.1) is 0 Å². The highest BCUT2D eigenvalue weighted by Gasteiger charge is 2.26. The molecule has 6 heteroatoms. The van der Waals surface area contributed by atoms with Crippen LogP contribution in [0.3, 0.4) is 0 Å². The number of carbonyl (C=O) groups excluding carboxylic acids is 1. The monoisotopic (exact) mass is 385 g/mol. The first-order valence-electron chi connectivity index (χ1n) is 9.71. The molecule has 0 spiro atoms. The first-order valence-corrected chi connectivity index (χ1v) is 10.6. The molecule has 1 aromatic carbocycles. The number of rotatable bonds is 6. The molecule has 1 atom stereocenters. The molecule has 1 N–H and O–H groups in total. The molecule has 2 aromatic rings. The minimum atomic E-state index is -0.368. The highest BCUT2D eigenvalue weighted by molar-refractivity contribution is 7.10. The zero-order valence-electron chi connectivity index (χ0n) is 15.6. The third kappa shape index (κ3) is 4.96.